The van der Waals surface area contributed by atoms with Crippen molar-refractivity contribution in [3.8, 4) is 17.2 Å². The molecule has 0 aliphatic heterocycles. The maximum Gasteiger partial charge on any atom is 0.264 e. The average Bonchev–Trinajstić information content (AvgIpc) is 3.08. The predicted octanol–water partition coefficient (Wildman–Crippen LogP) is 3.00. The molecule has 5 nitrogen and oxygen atoms in total. The second-order valence-electron chi connectivity index (χ2n) is 4.96. The topological polar surface area (TPSA) is 68.4 Å². The van der Waals surface area contributed by atoms with Crippen LogP contribution in [0.1, 0.15) is 31.5 Å². The molecular formula is C14H15FN2O3. The molecule has 1 fully saturated rings. The summed E-state index contributed by atoms with van der Waals surface area (Å²) in [5.74, 6) is -0.440. The normalized spacial score (nSPS) is 17.5. The lowest BCUT2D eigenvalue weighted by molar-refractivity contribution is -0.0178. The zero-order chi connectivity index (χ0) is 14.2. The van der Waals surface area contributed by atoms with Crippen LogP contribution in [0.5, 0.6) is 5.75 Å². The first-order valence-electron chi connectivity index (χ1n) is 6.53. The second-order valence-corrected chi connectivity index (χ2v) is 4.96. The molecule has 1 N–H and O–H groups in total. The Morgan fingerprint density at radius 3 is 2.75 bits per heavy atom. The summed E-state index contributed by atoms with van der Waals surface area (Å²) in [6, 6.07) is 4.03. The first kappa shape index (κ1) is 13.1. The molecule has 1 heterocycles. The number of phenols is 1. The SMILES string of the molecule is COC1(c2noc(-c3c(O)cccc3F)n2)CCCC1. The summed E-state index contributed by atoms with van der Waals surface area (Å²) < 4.78 is 24.4. The Hall–Kier alpha value is -1.95. The van der Waals surface area contributed by atoms with E-state index >= 15 is 0 Å². The highest BCUT2D eigenvalue weighted by Gasteiger charge is 2.40. The fourth-order valence-electron chi connectivity index (χ4n) is 2.70. The molecule has 0 spiro atoms. The van der Waals surface area contributed by atoms with E-state index < -0.39 is 11.4 Å². The third-order valence-electron chi connectivity index (χ3n) is 3.84. The van der Waals surface area contributed by atoms with Crippen LogP contribution in [0.2, 0.25) is 0 Å². The van der Waals surface area contributed by atoms with Gasteiger partial charge in [-0.05, 0) is 37.8 Å². The van der Waals surface area contributed by atoms with Gasteiger partial charge in [-0.3, -0.25) is 0 Å². The third kappa shape index (κ3) is 1.96. The van der Waals surface area contributed by atoms with Crippen LogP contribution in [-0.2, 0) is 10.3 Å². The number of methoxy groups -OCH3 is 1. The van der Waals surface area contributed by atoms with Gasteiger partial charge in [0, 0.05) is 7.11 Å². The lowest BCUT2D eigenvalue weighted by atomic mass is 10.0. The number of aromatic nitrogens is 2. The highest BCUT2D eigenvalue weighted by Crippen LogP contribution is 2.41. The van der Waals surface area contributed by atoms with Crippen LogP contribution in [0, 0.1) is 5.82 Å². The van der Waals surface area contributed by atoms with Gasteiger partial charge in [-0.25, -0.2) is 4.39 Å². The van der Waals surface area contributed by atoms with E-state index in [1.54, 1.807) is 7.11 Å². The van der Waals surface area contributed by atoms with E-state index in [1.807, 2.05) is 0 Å². The summed E-state index contributed by atoms with van der Waals surface area (Å²) in [5, 5.41) is 13.7. The number of rotatable bonds is 3. The molecule has 1 aromatic carbocycles. The molecule has 0 saturated heterocycles. The average molecular weight is 278 g/mol. The molecule has 0 unspecified atom stereocenters. The van der Waals surface area contributed by atoms with E-state index in [0.29, 0.717) is 5.82 Å². The standard InChI is InChI=1S/C14H15FN2O3/c1-19-14(7-2-3-8-14)13-16-12(20-17-13)11-9(15)5-4-6-10(11)18/h4-6,18H,2-3,7-8H2,1H3. The first-order chi connectivity index (χ1) is 9.66. The number of phenolic OH excluding ortho intramolecular Hbond substituents is 1. The second kappa shape index (κ2) is 4.86. The molecule has 20 heavy (non-hydrogen) atoms. The number of hydrogen-bond donors (Lipinski definition) is 1. The molecule has 0 atom stereocenters. The van der Waals surface area contributed by atoms with Crippen LogP contribution in [-0.4, -0.2) is 22.4 Å². The third-order valence-corrected chi connectivity index (χ3v) is 3.84. The van der Waals surface area contributed by atoms with Gasteiger partial charge in [0.2, 0.25) is 5.82 Å². The summed E-state index contributed by atoms with van der Waals surface area (Å²) in [5.41, 5.74) is -0.627. The summed E-state index contributed by atoms with van der Waals surface area (Å²) in [4.78, 5) is 4.22. The number of hydrogen-bond acceptors (Lipinski definition) is 5. The van der Waals surface area contributed by atoms with E-state index in [4.69, 9.17) is 9.26 Å². The molecule has 1 aliphatic carbocycles. The number of halogens is 1. The van der Waals surface area contributed by atoms with Gasteiger partial charge in [0.25, 0.3) is 5.89 Å². The van der Waals surface area contributed by atoms with Crippen molar-refractivity contribution in [2.75, 3.05) is 7.11 Å². The van der Waals surface area contributed by atoms with Gasteiger partial charge >= 0.3 is 0 Å². The van der Waals surface area contributed by atoms with Crippen LogP contribution < -0.4 is 0 Å². The molecule has 0 radical (unpaired) electrons. The lowest BCUT2D eigenvalue weighted by Crippen LogP contribution is -2.25. The quantitative estimate of drug-likeness (QED) is 0.934. The Morgan fingerprint density at radius 2 is 2.10 bits per heavy atom. The summed E-state index contributed by atoms with van der Waals surface area (Å²) in [7, 11) is 1.61. The van der Waals surface area contributed by atoms with E-state index in [0.717, 1.165) is 25.7 Å². The summed E-state index contributed by atoms with van der Waals surface area (Å²) in [6.07, 6.45) is 3.68. The fraction of sp³-hybridized carbons (Fsp3) is 0.429. The molecular weight excluding hydrogens is 263 g/mol. The first-order valence-corrected chi connectivity index (χ1v) is 6.53. The van der Waals surface area contributed by atoms with Crippen LogP contribution in [0.4, 0.5) is 4.39 Å². The van der Waals surface area contributed by atoms with Gasteiger partial charge in [-0.15, -0.1) is 0 Å². The highest BCUT2D eigenvalue weighted by molar-refractivity contribution is 5.62. The number of ether oxygens (including phenoxy) is 1. The van der Waals surface area contributed by atoms with Crippen molar-refractivity contribution >= 4 is 0 Å². The Bertz CT molecular complexity index is 600. The molecule has 0 bridgehead atoms. The highest BCUT2D eigenvalue weighted by atomic mass is 19.1. The summed E-state index contributed by atoms with van der Waals surface area (Å²) in [6.45, 7) is 0. The van der Waals surface area contributed by atoms with Crippen LogP contribution in [0.15, 0.2) is 22.7 Å². The Labute approximate surface area is 115 Å². The smallest absolute Gasteiger partial charge is 0.264 e. The minimum absolute atomic E-state index is 0.0288. The molecule has 1 aliphatic rings. The van der Waals surface area contributed by atoms with Gasteiger partial charge < -0.3 is 14.4 Å². The molecule has 2 aromatic rings. The Morgan fingerprint density at radius 1 is 1.35 bits per heavy atom. The van der Waals surface area contributed by atoms with Crippen molar-refractivity contribution in [2.24, 2.45) is 0 Å². The van der Waals surface area contributed by atoms with E-state index in [2.05, 4.69) is 10.1 Å². The zero-order valence-corrected chi connectivity index (χ0v) is 11.1. The minimum atomic E-state index is -0.599. The summed E-state index contributed by atoms with van der Waals surface area (Å²) >= 11 is 0. The van der Waals surface area contributed by atoms with Gasteiger partial charge in [0.15, 0.2) is 0 Å². The zero-order valence-electron chi connectivity index (χ0n) is 11.1. The van der Waals surface area contributed by atoms with Crippen molar-refractivity contribution in [1.82, 2.24) is 10.1 Å². The van der Waals surface area contributed by atoms with E-state index in [9.17, 15) is 9.50 Å². The van der Waals surface area contributed by atoms with Crippen LogP contribution >= 0.6 is 0 Å². The Kier molecular flexibility index (Phi) is 3.17. The maximum atomic E-state index is 13.8. The molecule has 0 amide bonds. The van der Waals surface area contributed by atoms with Crippen molar-refractivity contribution in [3.63, 3.8) is 0 Å². The van der Waals surface area contributed by atoms with Gasteiger partial charge in [0.05, 0.1) is 0 Å². The van der Waals surface area contributed by atoms with E-state index in [-0.39, 0.29) is 17.2 Å². The minimum Gasteiger partial charge on any atom is -0.507 e. The van der Waals surface area contributed by atoms with Gasteiger partial charge in [0.1, 0.15) is 22.7 Å². The van der Waals surface area contributed by atoms with Crippen molar-refractivity contribution in [2.45, 2.75) is 31.3 Å². The molecule has 3 rings (SSSR count). The number of aromatic hydroxyl groups is 1. The lowest BCUT2D eigenvalue weighted by Gasteiger charge is -2.22. The van der Waals surface area contributed by atoms with E-state index in [1.165, 1.54) is 18.2 Å². The van der Waals surface area contributed by atoms with Gasteiger partial charge in [-0.2, -0.15) is 4.98 Å². The number of benzene rings is 1. The van der Waals surface area contributed by atoms with Crippen molar-refractivity contribution in [1.29, 1.82) is 0 Å². The predicted molar refractivity (Wildman–Crippen MR) is 68.5 cm³/mol. The van der Waals surface area contributed by atoms with Crippen LogP contribution in [0.3, 0.4) is 0 Å². The Balaban J connectivity index is 2.02. The monoisotopic (exact) mass is 278 g/mol. The van der Waals surface area contributed by atoms with Gasteiger partial charge in [-0.1, -0.05) is 11.2 Å². The van der Waals surface area contributed by atoms with Crippen molar-refractivity contribution < 1.29 is 18.8 Å². The molecule has 106 valence electrons. The van der Waals surface area contributed by atoms with Crippen LogP contribution in [0.25, 0.3) is 11.5 Å². The molecule has 1 aromatic heterocycles. The maximum absolute atomic E-state index is 13.8. The van der Waals surface area contributed by atoms with Crippen molar-refractivity contribution in [3.05, 3.63) is 29.8 Å². The number of nitrogens with zero attached hydrogens (tertiary/aromatic N) is 2. The molecule has 1 saturated carbocycles. The largest absolute Gasteiger partial charge is 0.507 e. The fourth-order valence-corrected chi connectivity index (χ4v) is 2.70. The molecule has 6 heteroatoms.